The van der Waals surface area contributed by atoms with Crippen molar-refractivity contribution in [1.29, 1.82) is 0 Å². The molecule has 0 aromatic heterocycles. The number of para-hydroxylation sites is 1. The number of aliphatic hydroxyl groups is 1. The topological polar surface area (TPSA) is 40.5 Å². The van der Waals surface area contributed by atoms with Gasteiger partial charge in [-0.15, -0.1) is 0 Å². The molecule has 1 N–H and O–H groups in total. The Hall–Kier alpha value is -2.13. The molecule has 0 saturated carbocycles. The van der Waals surface area contributed by atoms with E-state index in [2.05, 4.69) is 0 Å². The van der Waals surface area contributed by atoms with Gasteiger partial charge in [-0.1, -0.05) is 48.0 Å². The summed E-state index contributed by atoms with van der Waals surface area (Å²) in [7, 11) is 0. The summed E-state index contributed by atoms with van der Waals surface area (Å²) in [6.45, 7) is 2.52. The summed E-state index contributed by atoms with van der Waals surface area (Å²) >= 11 is 0. The van der Waals surface area contributed by atoms with Crippen molar-refractivity contribution >= 4 is 11.6 Å². The van der Waals surface area contributed by atoms with Gasteiger partial charge in [0.05, 0.1) is 12.2 Å². The highest BCUT2D eigenvalue weighted by molar-refractivity contribution is 6.03. The van der Waals surface area contributed by atoms with Crippen molar-refractivity contribution in [2.45, 2.75) is 19.6 Å². The highest BCUT2D eigenvalue weighted by atomic mass is 16.3. The van der Waals surface area contributed by atoms with Gasteiger partial charge in [0, 0.05) is 5.56 Å². The Kier molecular flexibility index (Phi) is 2.84. The van der Waals surface area contributed by atoms with Crippen LogP contribution in [0.4, 0.5) is 5.69 Å². The molecule has 1 amide bonds. The number of fused-ring (bicyclic) bond motifs is 1. The fourth-order valence-corrected chi connectivity index (χ4v) is 2.40. The van der Waals surface area contributed by atoms with E-state index in [0.717, 1.165) is 11.3 Å². The van der Waals surface area contributed by atoms with Crippen LogP contribution >= 0.6 is 0 Å². The summed E-state index contributed by atoms with van der Waals surface area (Å²) in [5.74, 6) is -0.248. The molecule has 19 heavy (non-hydrogen) atoms. The van der Waals surface area contributed by atoms with Gasteiger partial charge in [0.2, 0.25) is 0 Å². The van der Waals surface area contributed by atoms with Crippen molar-refractivity contribution in [2.24, 2.45) is 0 Å². The molecule has 1 aliphatic rings. The zero-order chi connectivity index (χ0) is 13.4. The molecule has 0 spiro atoms. The lowest BCUT2D eigenvalue weighted by atomic mass is 10.1. The molecule has 1 unspecified atom stereocenters. The molecule has 0 aliphatic carbocycles. The average molecular weight is 253 g/mol. The Labute approximate surface area is 112 Å². The second-order valence-corrected chi connectivity index (χ2v) is 4.87. The first-order valence-electron chi connectivity index (χ1n) is 6.31. The highest BCUT2D eigenvalue weighted by Crippen LogP contribution is 2.36. The number of carbonyl (C=O) groups excluding carboxylic acids is 1. The second kappa shape index (κ2) is 4.52. The number of rotatable bonds is 2. The monoisotopic (exact) mass is 253 g/mol. The fourth-order valence-electron chi connectivity index (χ4n) is 2.40. The average Bonchev–Trinajstić information content (AvgIpc) is 2.67. The van der Waals surface area contributed by atoms with Gasteiger partial charge in [0.25, 0.3) is 5.91 Å². The maximum atomic E-state index is 12.1. The molecule has 1 atom stereocenters. The summed E-state index contributed by atoms with van der Waals surface area (Å²) in [5, 5.41) is 9.95. The van der Waals surface area contributed by atoms with E-state index < -0.39 is 6.10 Å². The van der Waals surface area contributed by atoms with Crippen molar-refractivity contribution in [3.63, 3.8) is 0 Å². The van der Waals surface area contributed by atoms with Gasteiger partial charge in [-0.05, 0) is 18.6 Å². The molecule has 2 aromatic carbocycles. The number of aryl methyl sites for hydroxylation is 1. The minimum Gasteiger partial charge on any atom is -0.378 e. The molecule has 0 fully saturated rings. The van der Waals surface area contributed by atoms with Gasteiger partial charge in [0.1, 0.15) is 0 Å². The van der Waals surface area contributed by atoms with Crippen molar-refractivity contribution in [2.75, 3.05) is 4.90 Å². The first-order chi connectivity index (χ1) is 9.16. The minimum absolute atomic E-state index is 0.248. The number of aliphatic hydroxyl groups excluding tert-OH is 1. The normalized spacial score (nSPS) is 17.7. The summed E-state index contributed by atoms with van der Waals surface area (Å²) in [6.07, 6.45) is -1.03. The number of hydrogen-bond acceptors (Lipinski definition) is 2. The Bertz CT molecular complexity index is 619. The van der Waals surface area contributed by atoms with Gasteiger partial charge < -0.3 is 10.0 Å². The first kappa shape index (κ1) is 11.9. The van der Waals surface area contributed by atoms with E-state index in [1.807, 2.05) is 49.4 Å². The molecule has 3 rings (SSSR count). The van der Waals surface area contributed by atoms with Crippen LogP contribution in [0.3, 0.4) is 0 Å². The maximum Gasteiger partial charge on any atom is 0.260 e. The maximum absolute atomic E-state index is 12.1. The molecule has 0 saturated heterocycles. The third-order valence-corrected chi connectivity index (χ3v) is 3.48. The number of nitrogens with zero attached hydrogens (tertiary/aromatic N) is 1. The zero-order valence-electron chi connectivity index (χ0n) is 10.7. The van der Waals surface area contributed by atoms with Gasteiger partial charge in [-0.3, -0.25) is 4.79 Å². The molecule has 1 heterocycles. The lowest BCUT2D eigenvalue weighted by Gasteiger charge is -2.17. The van der Waals surface area contributed by atoms with Crippen molar-refractivity contribution in [3.8, 4) is 0 Å². The smallest absolute Gasteiger partial charge is 0.260 e. The largest absolute Gasteiger partial charge is 0.378 e. The van der Waals surface area contributed by atoms with Crippen LogP contribution in [0.15, 0.2) is 48.5 Å². The number of benzene rings is 2. The van der Waals surface area contributed by atoms with Crippen LogP contribution in [-0.4, -0.2) is 11.0 Å². The van der Waals surface area contributed by atoms with Crippen molar-refractivity contribution in [1.82, 2.24) is 0 Å². The van der Waals surface area contributed by atoms with Crippen LogP contribution in [0.25, 0.3) is 0 Å². The van der Waals surface area contributed by atoms with Crippen molar-refractivity contribution in [3.05, 3.63) is 65.2 Å². The Balaban J connectivity index is 1.93. The second-order valence-electron chi connectivity index (χ2n) is 4.87. The van der Waals surface area contributed by atoms with Crippen molar-refractivity contribution < 1.29 is 9.90 Å². The standard InChI is InChI=1S/C16H15NO2/c1-11-6-8-12(9-7-11)10-17-14-5-3-2-4-13(14)15(18)16(17)19/h2-9,15,18H,10H2,1H3. The first-order valence-corrected chi connectivity index (χ1v) is 6.31. The lowest BCUT2D eigenvalue weighted by Crippen LogP contribution is -2.28. The van der Waals surface area contributed by atoms with Crippen LogP contribution in [0.2, 0.25) is 0 Å². The predicted molar refractivity (Wildman–Crippen MR) is 73.8 cm³/mol. The number of amides is 1. The van der Waals surface area contributed by atoms with E-state index in [0.29, 0.717) is 12.1 Å². The number of anilines is 1. The predicted octanol–water partition coefficient (Wildman–Crippen LogP) is 2.58. The van der Waals surface area contributed by atoms with Crippen LogP contribution in [-0.2, 0) is 11.3 Å². The van der Waals surface area contributed by atoms with Crippen LogP contribution < -0.4 is 4.90 Å². The quantitative estimate of drug-likeness (QED) is 0.893. The van der Waals surface area contributed by atoms with E-state index in [9.17, 15) is 9.90 Å². The van der Waals surface area contributed by atoms with E-state index in [4.69, 9.17) is 0 Å². The van der Waals surface area contributed by atoms with E-state index in [1.165, 1.54) is 5.56 Å². The molecule has 2 aromatic rings. The summed E-state index contributed by atoms with van der Waals surface area (Å²) in [5.41, 5.74) is 3.75. The number of hydrogen-bond donors (Lipinski definition) is 1. The highest BCUT2D eigenvalue weighted by Gasteiger charge is 2.35. The van der Waals surface area contributed by atoms with Gasteiger partial charge in [-0.25, -0.2) is 0 Å². The zero-order valence-corrected chi connectivity index (χ0v) is 10.7. The number of carbonyl (C=O) groups is 1. The molecule has 3 heteroatoms. The molecule has 0 bridgehead atoms. The molecule has 0 radical (unpaired) electrons. The van der Waals surface area contributed by atoms with Gasteiger partial charge in [0.15, 0.2) is 6.10 Å². The van der Waals surface area contributed by atoms with Gasteiger partial charge in [-0.2, -0.15) is 0 Å². The summed E-state index contributed by atoms with van der Waals surface area (Å²) in [4.78, 5) is 13.8. The third-order valence-electron chi connectivity index (χ3n) is 3.48. The lowest BCUT2D eigenvalue weighted by molar-refractivity contribution is -0.125. The van der Waals surface area contributed by atoms with E-state index in [-0.39, 0.29) is 5.91 Å². The molecule has 1 aliphatic heterocycles. The molecular formula is C16H15NO2. The van der Waals surface area contributed by atoms with E-state index >= 15 is 0 Å². The van der Waals surface area contributed by atoms with Crippen LogP contribution in [0, 0.1) is 6.92 Å². The Morgan fingerprint density at radius 3 is 2.53 bits per heavy atom. The molecule has 3 nitrogen and oxygen atoms in total. The van der Waals surface area contributed by atoms with Crippen LogP contribution in [0.5, 0.6) is 0 Å². The Morgan fingerprint density at radius 1 is 1.11 bits per heavy atom. The van der Waals surface area contributed by atoms with Gasteiger partial charge >= 0.3 is 0 Å². The SMILES string of the molecule is Cc1ccc(CN2C(=O)C(O)c3ccccc32)cc1. The molecular weight excluding hydrogens is 238 g/mol. The third kappa shape index (κ3) is 2.02. The minimum atomic E-state index is -1.03. The summed E-state index contributed by atoms with van der Waals surface area (Å²) in [6, 6.07) is 15.5. The van der Waals surface area contributed by atoms with E-state index in [1.54, 1.807) is 11.0 Å². The van der Waals surface area contributed by atoms with Crippen LogP contribution in [0.1, 0.15) is 22.8 Å². The molecule has 96 valence electrons. The Morgan fingerprint density at radius 2 is 1.79 bits per heavy atom. The summed E-state index contributed by atoms with van der Waals surface area (Å²) < 4.78 is 0. The fraction of sp³-hybridized carbons (Fsp3) is 0.188.